The van der Waals surface area contributed by atoms with Crippen LogP contribution in [0.5, 0.6) is 5.75 Å². The third-order valence-corrected chi connectivity index (χ3v) is 9.08. The summed E-state index contributed by atoms with van der Waals surface area (Å²) in [5, 5.41) is 0. The van der Waals surface area contributed by atoms with E-state index >= 15 is 0 Å². The minimum atomic E-state index is -0.794. The molecule has 1 fully saturated rings. The molecule has 7 nitrogen and oxygen atoms in total. The third kappa shape index (κ3) is 4.16. The quantitative estimate of drug-likeness (QED) is 0.312. The van der Waals surface area contributed by atoms with Gasteiger partial charge in [-0.2, -0.15) is 0 Å². The first-order valence-electron chi connectivity index (χ1n) is 10.8. The molecule has 4 rings (SSSR count). The monoisotopic (exact) mass is 519 g/mol. The van der Waals surface area contributed by atoms with Crippen molar-refractivity contribution in [2.24, 2.45) is 5.92 Å². The first-order chi connectivity index (χ1) is 16.1. The Kier molecular flexibility index (Phi) is 6.85. The fourth-order valence-corrected chi connectivity index (χ4v) is 7.00. The highest BCUT2D eigenvalue weighted by molar-refractivity contribution is 8.29. The Hall–Kier alpha value is -2.30. The summed E-state index contributed by atoms with van der Waals surface area (Å²) in [4.78, 5) is 40.9. The molecular formula is C24H25NO6S3. The van der Waals surface area contributed by atoms with Crippen LogP contribution in [0.4, 0.5) is 5.69 Å². The average molecular weight is 520 g/mol. The minimum absolute atomic E-state index is 0.00412. The molecular weight excluding hydrogens is 494 g/mol. The van der Waals surface area contributed by atoms with E-state index in [0.29, 0.717) is 27.0 Å². The van der Waals surface area contributed by atoms with Crippen LogP contribution in [-0.4, -0.2) is 49.1 Å². The van der Waals surface area contributed by atoms with Gasteiger partial charge in [-0.3, -0.25) is 4.79 Å². The predicted octanol–water partition coefficient (Wildman–Crippen LogP) is 4.70. The van der Waals surface area contributed by atoms with Crippen LogP contribution < -0.4 is 9.64 Å². The number of rotatable bonds is 5. The van der Waals surface area contributed by atoms with Crippen LogP contribution in [0, 0.1) is 5.92 Å². The average Bonchev–Trinajstić information content (AvgIpc) is 3.58. The molecule has 0 N–H and O–H groups in total. The number of thioether (sulfide) groups is 2. The van der Waals surface area contributed by atoms with Gasteiger partial charge in [0.2, 0.25) is 5.91 Å². The number of nitrogens with zero attached hydrogens (tertiary/aromatic N) is 1. The summed E-state index contributed by atoms with van der Waals surface area (Å²) in [6.07, 6.45) is 1.75. The summed E-state index contributed by atoms with van der Waals surface area (Å²) in [7, 11) is 2.53. The number of hydrogen-bond acceptors (Lipinski definition) is 9. The molecule has 3 aliphatic rings. The van der Waals surface area contributed by atoms with E-state index in [4.69, 9.17) is 26.4 Å². The van der Waals surface area contributed by atoms with Crippen LogP contribution in [-0.2, 0) is 23.9 Å². The van der Waals surface area contributed by atoms with Crippen molar-refractivity contribution in [3.8, 4) is 5.75 Å². The molecule has 1 aromatic rings. The number of esters is 2. The molecule has 2 heterocycles. The van der Waals surface area contributed by atoms with Gasteiger partial charge in [0.25, 0.3) is 0 Å². The standard InChI is InChI=1S/C24H25NO6S3/c1-6-31-13-9-10-15-14(11-13)16(19(32)24(2,3)25(15)20(26)12-7-8-12)23-33-17(21(27)29-4)18(34-23)22(28)30-5/h9-12H,6-8H2,1-5H3. The largest absolute Gasteiger partial charge is 0.494 e. The Morgan fingerprint density at radius 1 is 1.09 bits per heavy atom. The lowest BCUT2D eigenvalue weighted by Crippen LogP contribution is -2.56. The highest BCUT2D eigenvalue weighted by Crippen LogP contribution is 2.56. The topological polar surface area (TPSA) is 82.1 Å². The SMILES string of the molecule is CCOc1ccc2c(c1)C(=C1SC(C(=O)OC)=C(C(=O)OC)S1)C(=S)C(C)(C)N2C(=O)C1CC1. The molecule has 0 bridgehead atoms. The summed E-state index contributed by atoms with van der Waals surface area (Å²) in [6, 6.07) is 5.59. The van der Waals surface area contributed by atoms with Crippen molar-refractivity contribution < 1.29 is 28.6 Å². The summed E-state index contributed by atoms with van der Waals surface area (Å²) < 4.78 is 16.2. The summed E-state index contributed by atoms with van der Waals surface area (Å²) in [5.41, 5.74) is 1.37. The third-order valence-electron chi connectivity index (χ3n) is 5.82. The summed E-state index contributed by atoms with van der Waals surface area (Å²) in [6.45, 7) is 6.23. The van der Waals surface area contributed by atoms with E-state index in [9.17, 15) is 14.4 Å². The molecule has 0 unspecified atom stereocenters. The molecule has 0 saturated heterocycles. The summed E-state index contributed by atoms with van der Waals surface area (Å²) >= 11 is 8.25. The van der Waals surface area contributed by atoms with Crippen LogP contribution in [0.2, 0.25) is 0 Å². The number of thiocarbonyl (C=S) groups is 1. The van der Waals surface area contributed by atoms with Crippen LogP contribution in [0.15, 0.2) is 32.2 Å². The number of amides is 1. The van der Waals surface area contributed by atoms with Crippen LogP contribution in [0.3, 0.4) is 0 Å². The van der Waals surface area contributed by atoms with E-state index in [0.717, 1.165) is 47.6 Å². The van der Waals surface area contributed by atoms with Crippen LogP contribution in [0.25, 0.3) is 5.57 Å². The Balaban J connectivity index is 1.91. The molecule has 1 amide bonds. The van der Waals surface area contributed by atoms with Crippen molar-refractivity contribution in [2.45, 2.75) is 39.2 Å². The normalized spacial score (nSPS) is 19.2. The van der Waals surface area contributed by atoms with Crippen molar-refractivity contribution in [1.29, 1.82) is 0 Å². The molecule has 1 aromatic carbocycles. The highest BCUT2D eigenvalue weighted by atomic mass is 32.2. The van der Waals surface area contributed by atoms with Gasteiger partial charge in [0.1, 0.15) is 15.6 Å². The lowest BCUT2D eigenvalue weighted by atomic mass is 9.83. The molecule has 0 atom stereocenters. The van der Waals surface area contributed by atoms with Crippen molar-refractivity contribution in [2.75, 3.05) is 25.7 Å². The number of methoxy groups -OCH3 is 2. The van der Waals surface area contributed by atoms with Gasteiger partial charge in [-0.05, 0) is 51.8 Å². The number of anilines is 1. The molecule has 34 heavy (non-hydrogen) atoms. The molecule has 0 aromatic heterocycles. The van der Waals surface area contributed by atoms with Gasteiger partial charge in [0.05, 0.1) is 41.2 Å². The number of carbonyl (C=O) groups excluding carboxylic acids is 3. The Morgan fingerprint density at radius 3 is 2.18 bits per heavy atom. The van der Waals surface area contributed by atoms with Gasteiger partial charge in [0.15, 0.2) is 0 Å². The molecule has 10 heteroatoms. The van der Waals surface area contributed by atoms with E-state index in [1.54, 1.807) is 4.90 Å². The van der Waals surface area contributed by atoms with Gasteiger partial charge in [0, 0.05) is 17.1 Å². The minimum Gasteiger partial charge on any atom is -0.494 e. The predicted molar refractivity (Wildman–Crippen MR) is 138 cm³/mol. The zero-order valence-electron chi connectivity index (χ0n) is 19.6. The van der Waals surface area contributed by atoms with Gasteiger partial charge in [-0.1, -0.05) is 35.7 Å². The van der Waals surface area contributed by atoms with Crippen molar-refractivity contribution in [1.82, 2.24) is 0 Å². The van der Waals surface area contributed by atoms with Gasteiger partial charge >= 0.3 is 11.9 Å². The van der Waals surface area contributed by atoms with Gasteiger partial charge in [-0.15, -0.1) is 0 Å². The number of ether oxygens (including phenoxy) is 3. The molecule has 180 valence electrons. The van der Waals surface area contributed by atoms with Crippen molar-refractivity contribution in [3.63, 3.8) is 0 Å². The van der Waals surface area contributed by atoms with E-state index in [1.807, 2.05) is 39.0 Å². The lowest BCUT2D eigenvalue weighted by Gasteiger charge is -2.45. The van der Waals surface area contributed by atoms with Crippen LogP contribution >= 0.6 is 35.7 Å². The maximum absolute atomic E-state index is 13.4. The number of fused-ring (bicyclic) bond motifs is 1. The van der Waals surface area contributed by atoms with Crippen molar-refractivity contribution >= 4 is 69.7 Å². The van der Waals surface area contributed by atoms with Crippen molar-refractivity contribution in [3.05, 3.63) is 37.8 Å². The Bertz CT molecular complexity index is 1140. The number of hydrogen-bond donors (Lipinski definition) is 0. The fourth-order valence-electron chi connectivity index (χ4n) is 3.96. The lowest BCUT2D eigenvalue weighted by molar-refractivity contribution is -0.138. The highest BCUT2D eigenvalue weighted by Gasteiger charge is 2.49. The molecule has 0 radical (unpaired) electrons. The van der Waals surface area contributed by atoms with Gasteiger partial charge in [-0.25, -0.2) is 9.59 Å². The first kappa shape index (κ1) is 24.8. The Morgan fingerprint density at radius 2 is 1.68 bits per heavy atom. The number of carbonyl (C=O) groups is 3. The van der Waals surface area contributed by atoms with E-state index < -0.39 is 17.5 Å². The van der Waals surface area contributed by atoms with E-state index in [1.165, 1.54) is 14.2 Å². The molecule has 1 saturated carbocycles. The second-order valence-corrected chi connectivity index (χ2v) is 11.2. The maximum atomic E-state index is 13.4. The molecule has 0 spiro atoms. The maximum Gasteiger partial charge on any atom is 0.346 e. The smallest absolute Gasteiger partial charge is 0.346 e. The van der Waals surface area contributed by atoms with Gasteiger partial charge < -0.3 is 19.1 Å². The summed E-state index contributed by atoms with van der Waals surface area (Å²) in [5.74, 6) is -0.545. The Labute approximate surface area is 212 Å². The van der Waals surface area contributed by atoms with E-state index in [2.05, 4.69) is 0 Å². The van der Waals surface area contributed by atoms with Crippen LogP contribution in [0.1, 0.15) is 39.2 Å². The second kappa shape index (κ2) is 9.39. The zero-order valence-corrected chi connectivity index (χ0v) is 22.0. The second-order valence-electron chi connectivity index (χ2n) is 8.46. The molecule has 2 aliphatic heterocycles. The first-order valence-corrected chi connectivity index (χ1v) is 12.9. The number of benzene rings is 1. The van der Waals surface area contributed by atoms with E-state index in [-0.39, 0.29) is 21.6 Å². The fraction of sp³-hybridized carbons (Fsp3) is 0.417. The zero-order chi connectivity index (χ0) is 24.8. The molecule has 1 aliphatic carbocycles.